The molecule has 1 aromatic rings. The Morgan fingerprint density at radius 2 is 1.86 bits per heavy atom. The molecule has 2 N–H and O–H groups in total. The SMILES string of the molecule is Cc1cc([C@](C)(N)C(=O)OC(C)(C)C)c([N+](=O)[O-])cc1F. The zero-order chi connectivity index (χ0) is 16.6. The van der Waals surface area contributed by atoms with Gasteiger partial charge in [-0.15, -0.1) is 0 Å². The van der Waals surface area contributed by atoms with E-state index in [1.807, 2.05) is 0 Å². The highest BCUT2D eigenvalue weighted by Gasteiger charge is 2.40. The van der Waals surface area contributed by atoms with Crippen molar-refractivity contribution in [3.05, 3.63) is 39.2 Å². The summed E-state index contributed by atoms with van der Waals surface area (Å²) in [6.45, 7) is 7.72. The molecule has 0 fully saturated rings. The van der Waals surface area contributed by atoms with E-state index in [0.29, 0.717) is 0 Å². The third kappa shape index (κ3) is 3.75. The Bertz CT molecular complexity index is 591. The predicted molar refractivity (Wildman–Crippen MR) is 75.2 cm³/mol. The van der Waals surface area contributed by atoms with Crippen molar-refractivity contribution in [1.82, 2.24) is 0 Å². The van der Waals surface area contributed by atoms with Crippen molar-refractivity contribution >= 4 is 11.7 Å². The van der Waals surface area contributed by atoms with Crippen LogP contribution in [0.1, 0.15) is 38.8 Å². The second-order valence-electron chi connectivity index (χ2n) is 6.08. The molecule has 7 heteroatoms. The highest BCUT2D eigenvalue weighted by Crippen LogP contribution is 2.32. The number of aryl methyl sites for hydroxylation is 1. The van der Waals surface area contributed by atoms with Crippen molar-refractivity contribution in [2.75, 3.05) is 0 Å². The highest BCUT2D eigenvalue weighted by molar-refractivity contribution is 5.84. The molecule has 0 aromatic heterocycles. The Balaban J connectivity index is 3.40. The Morgan fingerprint density at radius 1 is 1.33 bits per heavy atom. The second-order valence-corrected chi connectivity index (χ2v) is 6.08. The Kier molecular flexibility index (Phi) is 4.38. The summed E-state index contributed by atoms with van der Waals surface area (Å²) in [5.74, 6) is -1.55. The van der Waals surface area contributed by atoms with Gasteiger partial charge in [-0.1, -0.05) is 0 Å². The van der Waals surface area contributed by atoms with E-state index in [9.17, 15) is 19.3 Å². The number of nitro benzene ring substituents is 1. The van der Waals surface area contributed by atoms with E-state index < -0.39 is 33.5 Å². The summed E-state index contributed by atoms with van der Waals surface area (Å²) in [5.41, 5.74) is 2.93. The first-order valence-electron chi connectivity index (χ1n) is 6.33. The number of esters is 1. The fourth-order valence-corrected chi connectivity index (χ4v) is 1.73. The van der Waals surface area contributed by atoms with Crippen LogP contribution in [0.2, 0.25) is 0 Å². The van der Waals surface area contributed by atoms with Crippen LogP contribution in [0.25, 0.3) is 0 Å². The van der Waals surface area contributed by atoms with Gasteiger partial charge in [0.2, 0.25) is 0 Å². The van der Waals surface area contributed by atoms with E-state index in [1.54, 1.807) is 20.8 Å². The fourth-order valence-electron chi connectivity index (χ4n) is 1.73. The fraction of sp³-hybridized carbons (Fsp3) is 0.500. The summed E-state index contributed by atoms with van der Waals surface area (Å²) in [6.07, 6.45) is 0. The predicted octanol–water partition coefficient (Wildman–Crippen LogP) is 2.56. The second kappa shape index (κ2) is 5.40. The monoisotopic (exact) mass is 298 g/mol. The van der Waals surface area contributed by atoms with Crippen LogP contribution < -0.4 is 5.73 Å². The highest BCUT2D eigenvalue weighted by atomic mass is 19.1. The van der Waals surface area contributed by atoms with Crippen LogP contribution in [0.4, 0.5) is 10.1 Å². The molecule has 21 heavy (non-hydrogen) atoms. The maximum Gasteiger partial charge on any atom is 0.331 e. The summed E-state index contributed by atoms with van der Waals surface area (Å²) in [7, 11) is 0. The van der Waals surface area contributed by atoms with Crippen LogP contribution in [-0.2, 0) is 15.1 Å². The summed E-state index contributed by atoms with van der Waals surface area (Å²) in [5, 5.41) is 11.1. The molecule has 0 spiro atoms. The Labute approximate surface area is 122 Å². The van der Waals surface area contributed by atoms with Gasteiger partial charge in [0, 0.05) is 0 Å². The Morgan fingerprint density at radius 3 is 2.29 bits per heavy atom. The van der Waals surface area contributed by atoms with Gasteiger partial charge >= 0.3 is 5.97 Å². The molecule has 0 amide bonds. The van der Waals surface area contributed by atoms with Crippen molar-refractivity contribution in [1.29, 1.82) is 0 Å². The van der Waals surface area contributed by atoms with Crippen molar-refractivity contribution in [2.24, 2.45) is 5.73 Å². The largest absolute Gasteiger partial charge is 0.458 e. The molecular weight excluding hydrogens is 279 g/mol. The molecule has 0 saturated carbocycles. The number of benzene rings is 1. The van der Waals surface area contributed by atoms with Crippen molar-refractivity contribution in [3.8, 4) is 0 Å². The standard InChI is InChI=1S/C14H19FN2O4/c1-8-6-9(11(17(19)20)7-10(8)15)14(5,16)12(18)21-13(2,3)4/h6-7H,16H2,1-5H3/t14-/m0/s1. The number of ether oxygens (including phenoxy) is 1. The topological polar surface area (TPSA) is 95.5 Å². The smallest absolute Gasteiger partial charge is 0.331 e. The zero-order valence-electron chi connectivity index (χ0n) is 12.7. The lowest BCUT2D eigenvalue weighted by Crippen LogP contribution is -2.46. The average molecular weight is 298 g/mol. The number of hydrogen-bond donors (Lipinski definition) is 1. The van der Waals surface area contributed by atoms with Crippen molar-refractivity contribution < 1.29 is 18.8 Å². The van der Waals surface area contributed by atoms with E-state index >= 15 is 0 Å². The molecule has 0 unspecified atom stereocenters. The van der Waals surface area contributed by atoms with Crippen LogP contribution in [0, 0.1) is 22.9 Å². The van der Waals surface area contributed by atoms with Crippen LogP contribution in [0.15, 0.2) is 12.1 Å². The minimum Gasteiger partial charge on any atom is -0.458 e. The third-order valence-corrected chi connectivity index (χ3v) is 2.86. The van der Waals surface area contributed by atoms with E-state index in [-0.39, 0.29) is 11.1 Å². The van der Waals surface area contributed by atoms with Gasteiger partial charge in [0.05, 0.1) is 16.6 Å². The maximum atomic E-state index is 13.5. The number of carbonyl (C=O) groups excluding carboxylic acids is 1. The van der Waals surface area contributed by atoms with Gasteiger partial charge in [-0.05, 0) is 46.2 Å². The molecule has 0 radical (unpaired) electrons. The van der Waals surface area contributed by atoms with Gasteiger partial charge in [0.15, 0.2) is 0 Å². The lowest BCUT2D eigenvalue weighted by atomic mass is 9.90. The third-order valence-electron chi connectivity index (χ3n) is 2.86. The van der Waals surface area contributed by atoms with Crippen LogP contribution in [0.3, 0.4) is 0 Å². The lowest BCUT2D eigenvalue weighted by Gasteiger charge is -2.28. The molecule has 1 aromatic carbocycles. The van der Waals surface area contributed by atoms with E-state index in [4.69, 9.17) is 10.5 Å². The number of halogens is 1. The normalized spacial score (nSPS) is 14.4. The first kappa shape index (κ1) is 17.0. The molecule has 0 bridgehead atoms. The van der Waals surface area contributed by atoms with Crippen LogP contribution >= 0.6 is 0 Å². The number of nitrogens with zero attached hydrogens (tertiary/aromatic N) is 1. The molecule has 0 aliphatic rings. The van der Waals surface area contributed by atoms with Gasteiger partial charge in [0.1, 0.15) is 17.0 Å². The molecule has 116 valence electrons. The molecule has 0 aliphatic heterocycles. The minimum atomic E-state index is -1.76. The number of nitro groups is 1. The van der Waals surface area contributed by atoms with Gasteiger partial charge < -0.3 is 10.5 Å². The zero-order valence-corrected chi connectivity index (χ0v) is 12.7. The van der Waals surface area contributed by atoms with Crippen LogP contribution in [0.5, 0.6) is 0 Å². The average Bonchev–Trinajstić information content (AvgIpc) is 2.29. The number of rotatable bonds is 3. The molecule has 0 saturated heterocycles. The van der Waals surface area contributed by atoms with E-state index in [2.05, 4.69) is 0 Å². The van der Waals surface area contributed by atoms with E-state index in [1.165, 1.54) is 19.9 Å². The van der Waals surface area contributed by atoms with Crippen molar-refractivity contribution in [2.45, 2.75) is 45.8 Å². The molecule has 0 aliphatic carbocycles. The van der Waals surface area contributed by atoms with Gasteiger partial charge in [0.25, 0.3) is 5.69 Å². The summed E-state index contributed by atoms with van der Waals surface area (Å²) < 4.78 is 18.7. The minimum absolute atomic E-state index is 0.0827. The summed E-state index contributed by atoms with van der Waals surface area (Å²) in [4.78, 5) is 22.5. The number of carbonyl (C=O) groups is 1. The van der Waals surface area contributed by atoms with Crippen LogP contribution in [-0.4, -0.2) is 16.5 Å². The van der Waals surface area contributed by atoms with Crippen molar-refractivity contribution in [3.63, 3.8) is 0 Å². The molecule has 1 atom stereocenters. The lowest BCUT2D eigenvalue weighted by molar-refractivity contribution is -0.386. The molecule has 0 heterocycles. The summed E-state index contributed by atoms with van der Waals surface area (Å²) >= 11 is 0. The van der Waals surface area contributed by atoms with Gasteiger partial charge in [-0.25, -0.2) is 9.18 Å². The number of hydrogen-bond acceptors (Lipinski definition) is 5. The summed E-state index contributed by atoms with van der Waals surface area (Å²) in [6, 6.07) is 1.97. The first-order valence-corrected chi connectivity index (χ1v) is 6.33. The number of nitrogens with two attached hydrogens (primary N) is 1. The quantitative estimate of drug-likeness (QED) is 0.525. The van der Waals surface area contributed by atoms with Gasteiger partial charge in [-0.2, -0.15) is 0 Å². The molecule has 6 nitrogen and oxygen atoms in total. The molecular formula is C14H19FN2O4. The van der Waals surface area contributed by atoms with Gasteiger partial charge in [-0.3, -0.25) is 10.1 Å². The Hall–Kier alpha value is -2.02. The molecule has 1 rings (SSSR count). The maximum absolute atomic E-state index is 13.5. The van der Waals surface area contributed by atoms with E-state index in [0.717, 1.165) is 6.07 Å². The first-order chi connectivity index (χ1) is 9.36.